The number of nitrogens with two attached hydrogens (primary N) is 1. The van der Waals surface area contributed by atoms with Gasteiger partial charge in [0.1, 0.15) is 0 Å². The van der Waals surface area contributed by atoms with Gasteiger partial charge in [-0.3, -0.25) is 9.59 Å². The summed E-state index contributed by atoms with van der Waals surface area (Å²) in [5.41, 5.74) is 5.47. The molecule has 0 fully saturated rings. The molecule has 0 aromatic heterocycles. The smallest absolute Gasteiger partial charge is 0.222 e. The summed E-state index contributed by atoms with van der Waals surface area (Å²) in [6.07, 6.45) is 1.42. The summed E-state index contributed by atoms with van der Waals surface area (Å²) < 4.78 is 0. The molecule has 16 heavy (non-hydrogen) atoms. The Morgan fingerprint density at radius 2 is 1.62 bits per heavy atom. The van der Waals surface area contributed by atoms with Crippen molar-refractivity contribution >= 4 is 11.8 Å². The SMILES string of the molecule is CC(CN)N(C)C(=O)CCCC(=O)N(C)C. The molecule has 0 rings (SSSR count). The maximum Gasteiger partial charge on any atom is 0.222 e. The predicted molar refractivity (Wildman–Crippen MR) is 63.8 cm³/mol. The number of carbonyl (C=O) groups is 2. The van der Waals surface area contributed by atoms with E-state index in [9.17, 15) is 9.59 Å². The zero-order valence-corrected chi connectivity index (χ0v) is 10.7. The molecule has 1 atom stereocenters. The normalized spacial score (nSPS) is 12.1. The van der Waals surface area contributed by atoms with Crippen molar-refractivity contribution in [3.8, 4) is 0 Å². The standard InChI is InChI=1S/C11H23N3O2/c1-9(8-12)14(4)11(16)7-5-6-10(15)13(2)3/h9H,5-8,12H2,1-4H3. The maximum atomic E-state index is 11.6. The average molecular weight is 229 g/mol. The Labute approximate surface area is 97.6 Å². The third kappa shape index (κ3) is 5.11. The van der Waals surface area contributed by atoms with Gasteiger partial charge >= 0.3 is 0 Å². The first-order valence-electron chi connectivity index (χ1n) is 5.56. The van der Waals surface area contributed by atoms with Crippen LogP contribution in [0.5, 0.6) is 0 Å². The van der Waals surface area contributed by atoms with Crippen molar-refractivity contribution in [1.82, 2.24) is 9.80 Å². The summed E-state index contributed by atoms with van der Waals surface area (Å²) in [7, 11) is 5.17. The van der Waals surface area contributed by atoms with Gasteiger partial charge in [0, 0.05) is 46.6 Å². The van der Waals surface area contributed by atoms with Crippen molar-refractivity contribution in [1.29, 1.82) is 0 Å². The molecule has 94 valence electrons. The van der Waals surface area contributed by atoms with Crippen LogP contribution < -0.4 is 5.73 Å². The van der Waals surface area contributed by atoms with Gasteiger partial charge in [0.05, 0.1) is 0 Å². The second-order valence-electron chi connectivity index (χ2n) is 4.23. The van der Waals surface area contributed by atoms with Crippen LogP contribution in [0, 0.1) is 0 Å². The predicted octanol–water partition coefficient (Wildman–Crippen LogP) is 0.0505. The van der Waals surface area contributed by atoms with E-state index in [4.69, 9.17) is 5.73 Å². The molecule has 0 aromatic carbocycles. The van der Waals surface area contributed by atoms with Crippen molar-refractivity contribution in [2.75, 3.05) is 27.7 Å². The van der Waals surface area contributed by atoms with Crippen LogP contribution in [0.25, 0.3) is 0 Å². The van der Waals surface area contributed by atoms with Crippen LogP contribution >= 0.6 is 0 Å². The number of rotatable bonds is 6. The lowest BCUT2D eigenvalue weighted by Crippen LogP contribution is -2.39. The van der Waals surface area contributed by atoms with Gasteiger partial charge in [0.15, 0.2) is 0 Å². The van der Waals surface area contributed by atoms with Crippen molar-refractivity contribution < 1.29 is 9.59 Å². The van der Waals surface area contributed by atoms with E-state index in [2.05, 4.69) is 0 Å². The van der Waals surface area contributed by atoms with Crippen LogP contribution in [0.15, 0.2) is 0 Å². The largest absolute Gasteiger partial charge is 0.349 e. The van der Waals surface area contributed by atoms with Crippen molar-refractivity contribution in [2.24, 2.45) is 5.73 Å². The van der Waals surface area contributed by atoms with E-state index in [0.29, 0.717) is 25.8 Å². The van der Waals surface area contributed by atoms with E-state index in [1.165, 1.54) is 4.90 Å². The van der Waals surface area contributed by atoms with Gasteiger partial charge in [-0.1, -0.05) is 0 Å². The fraction of sp³-hybridized carbons (Fsp3) is 0.818. The molecule has 0 bridgehead atoms. The van der Waals surface area contributed by atoms with Gasteiger partial charge in [-0.25, -0.2) is 0 Å². The van der Waals surface area contributed by atoms with E-state index in [1.54, 1.807) is 26.0 Å². The van der Waals surface area contributed by atoms with Crippen LogP contribution in [-0.4, -0.2) is 55.3 Å². The number of carbonyl (C=O) groups excluding carboxylic acids is 2. The highest BCUT2D eigenvalue weighted by Crippen LogP contribution is 2.03. The second kappa shape index (κ2) is 7.22. The number of amides is 2. The molecule has 0 radical (unpaired) electrons. The van der Waals surface area contributed by atoms with Gasteiger partial charge in [-0.15, -0.1) is 0 Å². The van der Waals surface area contributed by atoms with Gasteiger partial charge < -0.3 is 15.5 Å². The van der Waals surface area contributed by atoms with Gasteiger partial charge in [-0.2, -0.15) is 0 Å². The molecule has 0 aliphatic carbocycles. The van der Waals surface area contributed by atoms with Crippen LogP contribution in [0.3, 0.4) is 0 Å². The Bertz CT molecular complexity index is 241. The molecule has 0 aliphatic rings. The van der Waals surface area contributed by atoms with Crippen LogP contribution in [-0.2, 0) is 9.59 Å². The fourth-order valence-corrected chi connectivity index (χ4v) is 1.19. The summed E-state index contributed by atoms with van der Waals surface area (Å²) in [5, 5.41) is 0. The minimum atomic E-state index is 0.0458. The molecule has 5 heteroatoms. The molecule has 1 unspecified atom stereocenters. The number of nitrogens with zero attached hydrogens (tertiary/aromatic N) is 2. The summed E-state index contributed by atoms with van der Waals surface area (Å²) in [4.78, 5) is 26.1. The van der Waals surface area contributed by atoms with Crippen molar-refractivity contribution in [3.63, 3.8) is 0 Å². The van der Waals surface area contributed by atoms with E-state index in [0.717, 1.165) is 0 Å². The highest BCUT2D eigenvalue weighted by Gasteiger charge is 2.14. The van der Waals surface area contributed by atoms with Gasteiger partial charge in [-0.05, 0) is 13.3 Å². The molecular formula is C11H23N3O2. The summed E-state index contributed by atoms with van der Waals surface area (Å²) >= 11 is 0. The van der Waals surface area contributed by atoms with Gasteiger partial charge in [0.25, 0.3) is 0 Å². The minimum Gasteiger partial charge on any atom is -0.349 e. The molecule has 0 saturated heterocycles. The lowest BCUT2D eigenvalue weighted by molar-refractivity contribution is -0.132. The maximum absolute atomic E-state index is 11.6. The highest BCUT2D eigenvalue weighted by atomic mass is 16.2. The molecule has 2 amide bonds. The summed E-state index contributed by atoms with van der Waals surface area (Å²) in [6.45, 7) is 2.36. The Morgan fingerprint density at radius 3 is 2.06 bits per heavy atom. The molecule has 0 spiro atoms. The van der Waals surface area contributed by atoms with E-state index in [1.807, 2.05) is 6.92 Å². The van der Waals surface area contributed by atoms with Crippen LogP contribution in [0.2, 0.25) is 0 Å². The topological polar surface area (TPSA) is 66.6 Å². The first-order chi connectivity index (χ1) is 7.40. The highest BCUT2D eigenvalue weighted by molar-refractivity contribution is 5.78. The third-order valence-corrected chi connectivity index (χ3v) is 2.68. The first-order valence-corrected chi connectivity index (χ1v) is 5.56. The molecular weight excluding hydrogens is 206 g/mol. The summed E-state index contributed by atoms with van der Waals surface area (Å²) in [6, 6.07) is 0.0528. The molecule has 0 heterocycles. The average Bonchev–Trinajstić information content (AvgIpc) is 2.26. The Hall–Kier alpha value is -1.10. The fourth-order valence-electron chi connectivity index (χ4n) is 1.19. The monoisotopic (exact) mass is 229 g/mol. The molecule has 0 saturated carbocycles. The number of hydrogen-bond donors (Lipinski definition) is 1. The van der Waals surface area contributed by atoms with Gasteiger partial charge in [0.2, 0.25) is 11.8 Å². The quantitative estimate of drug-likeness (QED) is 0.700. The van der Waals surface area contributed by atoms with E-state index >= 15 is 0 Å². The Kier molecular flexibility index (Phi) is 6.72. The lowest BCUT2D eigenvalue weighted by Gasteiger charge is -2.23. The molecule has 0 aliphatic heterocycles. The molecule has 0 aromatic rings. The van der Waals surface area contributed by atoms with E-state index in [-0.39, 0.29) is 17.9 Å². The van der Waals surface area contributed by atoms with Crippen LogP contribution in [0.1, 0.15) is 26.2 Å². The third-order valence-electron chi connectivity index (χ3n) is 2.68. The number of likely N-dealkylation sites (N-methyl/N-ethyl adjacent to an activating group) is 1. The summed E-state index contributed by atoms with van der Waals surface area (Å²) in [5.74, 6) is 0.104. The van der Waals surface area contributed by atoms with Crippen LogP contribution in [0.4, 0.5) is 0 Å². The zero-order valence-electron chi connectivity index (χ0n) is 10.7. The zero-order chi connectivity index (χ0) is 12.7. The molecule has 5 nitrogen and oxygen atoms in total. The molecule has 2 N–H and O–H groups in total. The Morgan fingerprint density at radius 1 is 1.12 bits per heavy atom. The van der Waals surface area contributed by atoms with E-state index < -0.39 is 0 Å². The van der Waals surface area contributed by atoms with Crippen molar-refractivity contribution in [3.05, 3.63) is 0 Å². The minimum absolute atomic E-state index is 0.0458. The number of hydrogen-bond acceptors (Lipinski definition) is 3. The second-order valence-corrected chi connectivity index (χ2v) is 4.23. The van der Waals surface area contributed by atoms with Crippen molar-refractivity contribution in [2.45, 2.75) is 32.2 Å². The first kappa shape index (κ1) is 14.9. The lowest BCUT2D eigenvalue weighted by atomic mass is 10.2. The Balaban J connectivity index is 3.86.